The molecule has 2 N–H and O–H groups in total. The SMILES string of the molecule is Cc1nc(N(CC2CC2)C2CC2)ncc1CN. The lowest BCUT2D eigenvalue weighted by molar-refractivity contribution is 0.693. The largest absolute Gasteiger partial charge is 0.338 e. The lowest BCUT2D eigenvalue weighted by atomic mass is 10.2. The monoisotopic (exact) mass is 232 g/mol. The summed E-state index contributed by atoms with van der Waals surface area (Å²) in [6.07, 6.45) is 7.24. The van der Waals surface area contributed by atoms with Gasteiger partial charge >= 0.3 is 0 Å². The van der Waals surface area contributed by atoms with Crippen molar-refractivity contribution in [2.75, 3.05) is 11.4 Å². The molecule has 2 aliphatic carbocycles. The topological polar surface area (TPSA) is 55.0 Å². The van der Waals surface area contributed by atoms with E-state index in [2.05, 4.69) is 14.9 Å². The molecule has 0 unspecified atom stereocenters. The summed E-state index contributed by atoms with van der Waals surface area (Å²) in [6, 6.07) is 0.693. The van der Waals surface area contributed by atoms with Gasteiger partial charge in [-0.1, -0.05) is 0 Å². The van der Waals surface area contributed by atoms with Crippen LogP contribution >= 0.6 is 0 Å². The van der Waals surface area contributed by atoms with E-state index in [0.29, 0.717) is 12.6 Å². The van der Waals surface area contributed by atoms with Crippen LogP contribution in [0.4, 0.5) is 5.95 Å². The molecule has 0 spiro atoms. The van der Waals surface area contributed by atoms with Crippen LogP contribution in [-0.4, -0.2) is 22.6 Å². The molecule has 1 aromatic heterocycles. The van der Waals surface area contributed by atoms with E-state index in [4.69, 9.17) is 5.73 Å². The number of aromatic nitrogens is 2. The van der Waals surface area contributed by atoms with Crippen molar-refractivity contribution in [2.45, 2.75) is 45.2 Å². The zero-order chi connectivity index (χ0) is 11.8. The normalized spacial score (nSPS) is 19.4. The van der Waals surface area contributed by atoms with Crippen molar-refractivity contribution in [1.82, 2.24) is 9.97 Å². The second-order valence-corrected chi connectivity index (χ2v) is 5.31. The second-order valence-electron chi connectivity index (χ2n) is 5.31. The standard InChI is InChI=1S/C13H20N4/c1-9-11(6-14)7-15-13(16-9)17(12-4-5-12)8-10-2-3-10/h7,10,12H,2-6,8,14H2,1H3. The van der Waals surface area contributed by atoms with Gasteiger partial charge in [-0.2, -0.15) is 0 Å². The molecule has 0 aromatic carbocycles. The molecule has 92 valence electrons. The number of hydrogen-bond donors (Lipinski definition) is 1. The molecule has 0 bridgehead atoms. The number of anilines is 1. The molecular formula is C13H20N4. The highest BCUT2D eigenvalue weighted by Gasteiger charge is 2.35. The van der Waals surface area contributed by atoms with Crippen molar-refractivity contribution < 1.29 is 0 Å². The molecule has 0 radical (unpaired) electrons. The molecule has 3 rings (SSSR count). The zero-order valence-corrected chi connectivity index (χ0v) is 10.4. The summed E-state index contributed by atoms with van der Waals surface area (Å²) in [5.41, 5.74) is 7.72. The van der Waals surface area contributed by atoms with E-state index in [1.807, 2.05) is 13.1 Å². The van der Waals surface area contributed by atoms with Gasteiger partial charge in [0.25, 0.3) is 0 Å². The van der Waals surface area contributed by atoms with Crippen LogP contribution in [-0.2, 0) is 6.54 Å². The highest BCUT2D eigenvalue weighted by atomic mass is 15.3. The molecule has 4 heteroatoms. The molecule has 0 aliphatic heterocycles. The van der Waals surface area contributed by atoms with Gasteiger partial charge < -0.3 is 10.6 Å². The van der Waals surface area contributed by atoms with Crippen molar-refractivity contribution in [3.63, 3.8) is 0 Å². The Morgan fingerprint density at radius 1 is 1.35 bits per heavy atom. The van der Waals surface area contributed by atoms with E-state index < -0.39 is 0 Å². The molecule has 2 fully saturated rings. The fraction of sp³-hybridized carbons (Fsp3) is 0.692. The first-order chi connectivity index (χ1) is 8.28. The molecule has 0 amide bonds. The van der Waals surface area contributed by atoms with Crippen LogP contribution in [0.15, 0.2) is 6.20 Å². The molecular weight excluding hydrogens is 212 g/mol. The number of rotatable bonds is 5. The second kappa shape index (κ2) is 4.26. The Labute approximate surface area is 102 Å². The summed E-state index contributed by atoms with van der Waals surface area (Å²) in [4.78, 5) is 11.5. The summed E-state index contributed by atoms with van der Waals surface area (Å²) in [5.74, 6) is 1.79. The van der Waals surface area contributed by atoms with Crippen LogP contribution in [0.2, 0.25) is 0 Å². The van der Waals surface area contributed by atoms with Gasteiger partial charge in [-0.15, -0.1) is 0 Å². The Hall–Kier alpha value is -1.16. The Morgan fingerprint density at radius 3 is 2.65 bits per heavy atom. The van der Waals surface area contributed by atoms with Crippen molar-refractivity contribution in [2.24, 2.45) is 11.7 Å². The van der Waals surface area contributed by atoms with Crippen molar-refractivity contribution in [3.05, 3.63) is 17.5 Å². The fourth-order valence-electron chi connectivity index (χ4n) is 2.18. The maximum atomic E-state index is 5.65. The van der Waals surface area contributed by atoms with E-state index in [0.717, 1.165) is 29.7 Å². The van der Waals surface area contributed by atoms with Gasteiger partial charge in [0.1, 0.15) is 0 Å². The minimum Gasteiger partial charge on any atom is -0.338 e. The van der Waals surface area contributed by atoms with Crippen LogP contribution < -0.4 is 10.6 Å². The number of aryl methyl sites for hydroxylation is 1. The lowest BCUT2D eigenvalue weighted by Crippen LogP contribution is -2.30. The van der Waals surface area contributed by atoms with Gasteiger partial charge in [-0.3, -0.25) is 0 Å². The first-order valence-electron chi connectivity index (χ1n) is 6.57. The summed E-state index contributed by atoms with van der Waals surface area (Å²) in [5, 5.41) is 0. The van der Waals surface area contributed by atoms with Gasteiger partial charge in [-0.25, -0.2) is 9.97 Å². The third-order valence-electron chi connectivity index (χ3n) is 3.68. The predicted molar refractivity (Wildman–Crippen MR) is 67.8 cm³/mol. The highest BCUT2D eigenvalue weighted by Crippen LogP contribution is 2.36. The highest BCUT2D eigenvalue weighted by molar-refractivity contribution is 5.36. The van der Waals surface area contributed by atoms with Crippen LogP contribution in [0, 0.1) is 12.8 Å². The third-order valence-corrected chi connectivity index (χ3v) is 3.68. The average Bonchev–Trinajstić information content (AvgIpc) is 3.17. The first-order valence-corrected chi connectivity index (χ1v) is 6.57. The van der Waals surface area contributed by atoms with E-state index in [9.17, 15) is 0 Å². The van der Waals surface area contributed by atoms with Crippen LogP contribution in [0.25, 0.3) is 0 Å². The molecule has 0 saturated heterocycles. The molecule has 1 aromatic rings. The Balaban J connectivity index is 1.81. The summed E-state index contributed by atoms with van der Waals surface area (Å²) >= 11 is 0. The third kappa shape index (κ3) is 2.41. The lowest BCUT2D eigenvalue weighted by Gasteiger charge is -2.22. The number of nitrogens with two attached hydrogens (primary N) is 1. The Kier molecular flexibility index (Phi) is 2.74. The van der Waals surface area contributed by atoms with Crippen molar-refractivity contribution in [1.29, 1.82) is 0 Å². The number of nitrogens with zero attached hydrogens (tertiary/aromatic N) is 3. The Bertz CT molecular complexity index is 410. The first kappa shape index (κ1) is 11.0. The summed E-state index contributed by atoms with van der Waals surface area (Å²) in [6.45, 7) is 3.69. The maximum Gasteiger partial charge on any atom is 0.225 e. The van der Waals surface area contributed by atoms with E-state index in [1.165, 1.54) is 25.7 Å². The molecule has 4 nitrogen and oxygen atoms in total. The average molecular weight is 232 g/mol. The van der Waals surface area contributed by atoms with Gasteiger partial charge in [0.15, 0.2) is 0 Å². The van der Waals surface area contributed by atoms with Gasteiger partial charge in [-0.05, 0) is 38.5 Å². The van der Waals surface area contributed by atoms with Crippen molar-refractivity contribution >= 4 is 5.95 Å². The predicted octanol–water partition coefficient (Wildman–Crippen LogP) is 1.62. The molecule has 0 atom stereocenters. The van der Waals surface area contributed by atoms with Gasteiger partial charge in [0.2, 0.25) is 5.95 Å². The molecule has 1 heterocycles. The van der Waals surface area contributed by atoms with Gasteiger partial charge in [0, 0.05) is 36.6 Å². The Morgan fingerprint density at radius 2 is 2.12 bits per heavy atom. The quantitative estimate of drug-likeness (QED) is 0.838. The van der Waals surface area contributed by atoms with E-state index in [-0.39, 0.29) is 0 Å². The van der Waals surface area contributed by atoms with E-state index in [1.54, 1.807) is 0 Å². The molecule has 2 aliphatic rings. The van der Waals surface area contributed by atoms with Crippen molar-refractivity contribution in [3.8, 4) is 0 Å². The van der Waals surface area contributed by atoms with Crippen LogP contribution in [0.5, 0.6) is 0 Å². The minimum absolute atomic E-state index is 0.526. The fourth-order valence-corrected chi connectivity index (χ4v) is 2.18. The number of hydrogen-bond acceptors (Lipinski definition) is 4. The summed E-state index contributed by atoms with van der Waals surface area (Å²) < 4.78 is 0. The van der Waals surface area contributed by atoms with Crippen LogP contribution in [0.1, 0.15) is 36.9 Å². The molecule has 17 heavy (non-hydrogen) atoms. The zero-order valence-electron chi connectivity index (χ0n) is 10.4. The molecule has 2 saturated carbocycles. The summed E-state index contributed by atoms with van der Waals surface area (Å²) in [7, 11) is 0. The van der Waals surface area contributed by atoms with Crippen LogP contribution in [0.3, 0.4) is 0 Å². The maximum absolute atomic E-state index is 5.65. The van der Waals surface area contributed by atoms with E-state index >= 15 is 0 Å². The smallest absolute Gasteiger partial charge is 0.225 e. The van der Waals surface area contributed by atoms with Gasteiger partial charge in [0.05, 0.1) is 0 Å². The minimum atomic E-state index is 0.526.